The lowest BCUT2D eigenvalue weighted by Gasteiger charge is -2.16. The molecule has 3 heteroatoms. The Hall–Kier alpha value is -1.51. The Morgan fingerprint density at radius 2 is 2.14 bits per heavy atom. The van der Waals surface area contributed by atoms with Gasteiger partial charge in [-0.2, -0.15) is 0 Å². The van der Waals surface area contributed by atoms with Crippen LogP contribution in [-0.2, 0) is 4.79 Å². The third-order valence-corrected chi connectivity index (χ3v) is 2.58. The van der Waals surface area contributed by atoms with Gasteiger partial charge >= 0.3 is 0 Å². The molecule has 1 unspecified atom stereocenters. The highest BCUT2D eigenvalue weighted by Crippen LogP contribution is 2.19. The predicted molar refractivity (Wildman–Crippen MR) is 55.7 cm³/mol. The van der Waals surface area contributed by atoms with Crippen molar-refractivity contribution in [3.8, 4) is 0 Å². The second-order valence-corrected chi connectivity index (χ2v) is 3.53. The van der Waals surface area contributed by atoms with Crippen molar-refractivity contribution < 1.29 is 4.79 Å². The molecule has 14 heavy (non-hydrogen) atoms. The Morgan fingerprint density at radius 1 is 1.43 bits per heavy atom. The maximum atomic E-state index is 11.4. The number of carbonyl (C=O) groups excluding carboxylic acids is 1. The number of anilines is 1. The van der Waals surface area contributed by atoms with Crippen LogP contribution in [0.1, 0.15) is 13.3 Å². The monoisotopic (exact) mass is 190 g/mol. The Kier molecular flexibility index (Phi) is 2.39. The van der Waals surface area contributed by atoms with Crippen molar-refractivity contribution in [1.29, 1.82) is 0 Å². The van der Waals surface area contributed by atoms with Crippen molar-refractivity contribution in [1.82, 2.24) is 5.43 Å². The molecule has 74 valence electrons. The summed E-state index contributed by atoms with van der Waals surface area (Å²) < 4.78 is 0. The van der Waals surface area contributed by atoms with Crippen LogP contribution in [0.15, 0.2) is 30.3 Å². The number of hydrazine groups is 1. The molecule has 0 radical (unpaired) electrons. The normalized spacial score (nSPS) is 21.1. The number of rotatable bonds is 2. The summed E-state index contributed by atoms with van der Waals surface area (Å²) >= 11 is 0. The summed E-state index contributed by atoms with van der Waals surface area (Å²) in [7, 11) is 0. The van der Waals surface area contributed by atoms with Crippen molar-refractivity contribution >= 4 is 11.6 Å². The van der Waals surface area contributed by atoms with Gasteiger partial charge in [0.25, 0.3) is 0 Å². The van der Waals surface area contributed by atoms with Gasteiger partial charge in [-0.3, -0.25) is 15.2 Å². The highest BCUT2D eigenvalue weighted by Gasteiger charge is 2.28. The molecule has 1 aliphatic heterocycles. The standard InChI is InChI=1S/C11H14N2O/c1-2-9-8-13(12-11(9)14)10-6-4-3-5-7-10/h3-7,9H,2,8H2,1H3,(H,12,14). The molecule has 0 bridgehead atoms. The summed E-state index contributed by atoms with van der Waals surface area (Å²) in [5, 5.41) is 1.91. The first-order chi connectivity index (χ1) is 6.81. The van der Waals surface area contributed by atoms with Gasteiger partial charge in [-0.05, 0) is 18.6 Å². The first-order valence-corrected chi connectivity index (χ1v) is 4.94. The van der Waals surface area contributed by atoms with E-state index in [1.807, 2.05) is 42.3 Å². The SMILES string of the molecule is CCC1CN(c2ccccc2)NC1=O. The van der Waals surface area contributed by atoms with Crippen LogP contribution in [-0.4, -0.2) is 12.5 Å². The van der Waals surface area contributed by atoms with Gasteiger partial charge in [-0.15, -0.1) is 0 Å². The van der Waals surface area contributed by atoms with Gasteiger partial charge in [0.2, 0.25) is 5.91 Å². The van der Waals surface area contributed by atoms with E-state index in [-0.39, 0.29) is 11.8 Å². The largest absolute Gasteiger partial charge is 0.285 e. The average Bonchev–Trinajstić information content (AvgIpc) is 2.61. The number of amides is 1. The molecular formula is C11H14N2O. The summed E-state index contributed by atoms with van der Waals surface area (Å²) in [4.78, 5) is 11.4. The lowest BCUT2D eigenvalue weighted by molar-refractivity contribution is -0.122. The van der Waals surface area contributed by atoms with E-state index in [4.69, 9.17) is 0 Å². The van der Waals surface area contributed by atoms with E-state index >= 15 is 0 Å². The zero-order valence-electron chi connectivity index (χ0n) is 8.23. The van der Waals surface area contributed by atoms with E-state index in [2.05, 4.69) is 5.43 Å². The number of carbonyl (C=O) groups is 1. The Morgan fingerprint density at radius 3 is 2.71 bits per heavy atom. The summed E-state index contributed by atoms with van der Waals surface area (Å²) in [5.74, 6) is 0.270. The van der Waals surface area contributed by atoms with E-state index < -0.39 is 0 Å². The summed E-state index contributed by atoms with van der Waals surface area (Å²) in [6.45, 7) is 2.82. The van der Waals surface area contributed by atoms with E-state index in [1.165, 1.54) is 0 Å². The molecule has 1 fully saturated rings. The molecule has 1 amide bonds. The molecule has 2 rings (SSSR count). The van der Waals surface area contributed by atoms with Crippen molar-refractivity contribution in [3.05, 3.63) is 30.3 Å². The van der Waals surface area contributed by atoms with E-state index in [1.54, 1.807) is 0 Å². The maximum absolute atomic E-state index is 11.4. The fourth-order valence-corrected chi connectivity index (χ4v) is 1.67. The first-order valence-electron chi connectivity index (χ1n) is 4.94. The van der Waals surface area contributed by atoms with Crippen molar-refractivity contribution in [2.45, 2.75) is 13.3 Å². The highest BCUT2D eigenvalue weighted by molar-refractivity contribution is 5.84. The van der Waals surface area contributed by atoms with Gasteiger partial charge in [0.05, 0.1) is 18.2 Å². The van der Waals surface area contributed by atoms with Crippen LogP contribution in [0.4, 0.5) is 5.69 Å². The lowest BCUT2D eigenvalue weighted by Crippen LogP contribution is -2.32. The predicted octanol–water partition coefficient (Wildman–Crippen LogP) is 1.56. The van der Waals surface area contributed by atoms with Gasteiger partial charge in [-0.25, -0.2) is 0 Å². The van der Waals surface area contributed by atoms with Crippen LogP contribution in [0.25, 0.3) is 0 Å². The molecule has 1 aromatic rings. The van der Waals surface area contributed by atoms with Crippen LogP contribution < -0.4 is 10.4 Å². The van der Waals surface area contributed by atoms with Crippen LogP contribution in [0, 0.1) is 5.92 Å². The van der Waals surface area contributed by atoms with Gasteiger partial charge in [0, 0.05) is 0 Å². The maximum Gasteiger partial charge on any atom is 0.243 e. The number of nitrogens with zero attached hydrogens (tertiary/aromatic N) is 1. The molecule has 1 N–H and O–H groups in total. The smallest absolute Gasteiger partial charge is 0.243 e. The van der Waals surface area contributed by atoms with E-state index in [9.17, 15) is 4.79 Å². The molecule has 0 spiro atoms. The van der Waals surface area contributed by atoms with E-state index in [0.717, 1.165) is 18.7 Å². The number of benzene rings is 1. The number of para-hydroxylation sites is 1. The van der Waals surface area contributed by atoms with Gasteiger partial charge in [0.15, 0.2) is 0 Å². The Balaban J connectivity index is 2.13. The van der Waals surface area contributed by atoms with Gasteiger partial charge in [-0.1, -0.05) is 25.1 Å². The van der Waals surface area contributed by atoms with Crippen LogP contribution in [0.2, 0.25) is 0 Å². The molecule has 1 atom stereocenters. The zero-order chi connectivity index (χ0) is 9.97. The first kappa shape index (κ1) is 9.06. The fraction of sp³-hybridized carbons (Fsp3) is 0.364. The second kappa shape index (κ2) is 3.70. The van der Waals surface area contributed by atoms with Crippen molar-refractivity contribution in [2.24, 2.45) is 5.92 Å². The number of hydrogen-bond donors (Lipinski definition) is 1. The molecule has 1 aliphatic rings. The molecular weight excluding hydrogens is 176 g/mol. The average molecular weight is 190 g/mol. The molecule has 0 aliphatic carbocycles. The van der Waals surface area contributed by atoms with Crippen molar-refractivity contribution in [2.75, 3.05) is 11.6 Å². The molecule has 0 saturated carbocycles. The molecule has 1 saturated heterocycles. The minimum atomic E-state index is 0.134. The minimum absolute atomic E-state index is 0.134. The third-order valence-electron chi connectivity index (χ3n) is 2.58. The minimum Gasteiger partial charge on any atom is -0.285 e. The lowest BCUT2D eigenvalue weighted by atomic mass is 10.1. The zero-order valence-corrected chi connectivity index (χ0v) is 8.23. The highest BCUT2D eigenvalue weighted by atomic mass is 16.2. The molecule has 1 heterocycles. The fourth-order valence-electron chi connectivity index (χ4n) is 1.67. The number of nitrogens with one attached hydrogen (secondary N) is 1. The third kappa shape index (κ3) is 1.58. The van der Waals surface area contributed by atoms with Crippen molar-refractivity contribution in [3.63, 3.8) is 0 Å². The summed E-state index contributed by atoms with van der Waals surface area (Å²) in [6.07, 6.45) is 0.898. The number of hydrogen-bond acceptors (Lipinski definition) is 2. The van der Waals surface area contributed by atoms with Crippen LogP contribution >= 0.6 is 0 Å². The van der Waals surface area contributed by atoms with Crippen LogP contribution in [0.3, 0.4) is 0 Å². The van der Waals surface area contributed by atoms with E-state index in [0.29, 0.717) is 0 Å². The molecule has 1 aromatic carbocycles. The van der Waals surface area contributed by atoms with Gasteiger partial charge in [0.1, 0.15) is 0 Å². The molecule has 0 aromatic heterocycles. The van der Waals surface area contributed by atoms with Crippen LogP contribution in [0.5, 0.6) is 0 Å². The van der Waals surface area contributed by atoms with Gasteiger partial charge < -0.3 is 0 Å². The quantitative estimate of drug-likeness (QED) is 0.767. The second-order valence-electron chi connectivity index (χ2n) is 3.53. The summed E-state index contributed by atoms with van der Waals surface area (Å²) in [6, 6.07) is 9.91. The Bertz CT molecular complexity index is 323. The topological polar surface area (TPSA) is 32.3 Å². The Labute approximate surface area is 83.7 Å². The molecule has 3 nitrogen and oxygen atoms in total. The summed E-state index contributed by atoms with van der Waals surface area (Å²) in [5.41, 5.74) is 3.92.